The molecule has 0 fully saturated rings. The van der Waals surface area contributed by atoms with Crippen molar-refractivity contribution in [1.82, 2.24) is 15.2 Å². The van der Waals surface area contributed by atoms with Gasteiger partial charge in [-0.15, -0.1) is 10.2 Å². The quantitative estimate of drug-likeness (QED) is 0.546. The molecule has 8 heteroatoms. The molecule has 0 saturated heterocycles. The van der Waals surface area contributed by atoms with Crippen molar-refractivity contribution in [2.45, 2.75) is 6.92 Å². The van der Waals surface area contributed by atoms with Crippen LogP contribution >= 0.6 is 22.7 Å². The number of amides is 1. The average molecular weight is 370 g/mol. The monoisotopic (exact) mass is 370 g/mol. The molecule has 0 bridgehead atoms. The summed E-state index contributed by atoms with van der Waals surface area (Å²) in [5.41, 5.74) is 2.33. The van der Waals surface area contributed by atoms with Crippen LogP contribution in [-0.4, -0.2) is 27.7 Å². The van der Waals surface area contributed by atoms with Crippen LogP contribution in [0.2, 0.25) is 0 Å². The maximum atomic E-state index is 12.5. The molecule has 0 aliphatic rings. The summed E-state index contributed by atoms with van der Waals surface area (Å²) in [6, 6.07) is 9.48. The van der Waals surface area contributed by atoms with Crippen molar-refractivity contribution >= 4 is 44.6 Å². The first-order valence-electron chi connectivity index (χ1n) is 7.66. The number of fused-ring (bicyclic) bond motifs is 1. The molecular formula is C17H14N4O2S2. The third-order valence-electron chi connectivity index (χ3n) is 3.56. The van der Waals surface area contributed by atoms with Crippen LogP contribution in [0.4, 0.5) is 5.13 Å². The standard InChI is InChI=1S/C17H14N4O2S2/c1-2-23-12-4-3-10-7-14(18-13(10)8-12)15(22)19-17-21-20-16(25-17)11-5-6-24-9-11/h3-9,18H,2H2,1H3,(H,19,21,22). The van der Waals surface area contributed by atoms with Crippen molar-refractivity contribution in [2.24, 2.45) is 0 Å². The summed E-state index contributed by atoms with van der Waals surface area (Å²) in [7, 11) is 0. The van der Waals surface area contributed by atoms with Crippen LogP contribution < -0.4 is 10.1 Å². The summed E-state index contributed by atoms with van der Waals surface area (Å²) in [6.07, 6.45) is 0. The van der Waals surface area contributed by atoms with Gasteiger partial charge in [-0.05, 0) is 36.6 Å². The molecule has 4 aromatic rings. The third-order valence-corrected chi connectivity index (χ3v) is 5.13. The van der Waals surface area contributed by atoms with Gasteiger partial charge in [-0.2, -0.15) is 11.3 Å². The number of anilines is 1. The molecule has 0 unspecified atom stereocenters. The van der Waals surface area contributed by atoms with E-state index in [0.29, 0.717) is 17.4 Å². The van der Waals surface area contributed by atoms with Crippen molar-refractivity contribution in [1.29, 1.82) is 0 Å². The molecule has 0 radical (unpaired) electrons. The van der Waals surface area contributed by atoms with Gasteiger partial charge in [0.2, 0.25) is 5.13 Å². The first kappa shape index (κ1) is 15.8. The zero-order chi connectivity index (χ0) is 17.2. The molecule has 6 nitrogen and oxygen atoms in total. The number of benzene rings is 1. The molecule has 0 spiro atoms. The number of aromatic nitrogens is 3. The van der Waals surface area contributed by atoms with E-state index in [1.54, 1.807) is 17.4 Å². The molecule has 0 aliphatic heterocycles. The molecule has 4 rings (SSSR count). The van der Waals surface area contributed by atoms with Crippen LogP contribution in [0.5, 0.6) is 5.75 Å². The Hall–Kier alpha value is -2.71. The summed E-state index contributed by atoms with van der Waals surface area (Å²) in [5.74, 6) is 0.524. The minimum absolute atomic E-state index is 0.248. The zero-order valence-electron chi connectivity index (χ0n) is 13.3. The fourth-order valence-electron chi connectivity index (χ4n) is 2.43. The summed E-state index contributed by atoms with van der Waals surface area (Å²) in [6.45, 7) is 2.53. The van der Waals surface area contributed by atoms with E-state index in [-0.39, 0.29) is 5.91 Å². The van der Waals surface area contributed by atoms with Gasteiger partial charge in [-0.25, -0.2) is 0 Å². The molecule has 3 aromatic heterocycles. The molecule has 3 heterocycles. The van der Waals surface area contributed by atoms with E-state index >= 15 is 0 Å². The molecule has 126 valence electrons. The number of hydrogen-bond acceptors (Lipinski definition) is 6. The third kappa shape index (κ3) is 3.26. The van der Waals surface area contributed by atoms with E-state index in [4.69, 9.17) is 4.74 Å². The first-order valence-corrected chi connectivity index (χ1v) is 9.42. The van der Waals surface area contributed by atoms with Crippen LogP contribution in [0, 0.1) is 0 Å². The Labute approximate surface area is 151 Å². The fourth-order valence-corrected chi connectivity index (χ4v) is 3.88. The second-order valence-corrected chi connectivity index (χ2v) is 7.00. The number of carbonyl (C=O) groups is 1. The van der Waals surface area contributed by atoms with E-state index in [9.17, 15) is 4.79 Å². The van der Waals surface area contributed by atoms with Gasteiger partial charge >= 0.3 is 0 Å². The normalized spacial score (nSPS) is 10.9. The van der Waals surface area contributed by atoms with E-state index in [0.717, 1.165) is 27.2 Å². The number of nitrogens with one attached hydrogen (secondary N) is 2. The van der Waals surface area contributed by atoms with Gasteiger partial charge in [0, 0.05) is 27.9 Å². The topological polar surface area (TPSA) is 79.9 Å². The number of aromatic amines is 1. The molecular weight excluding hydrogens is 356 g/mol. The zero-order valence-corrected chi connectivity index (χ0v) is 14.9. The van der Waals surface area contributed by atoms with Crippen LogP contribution in [0.25, 0.3) is 21.5 Å². The number of ether oxygens (including phenoxy) is 1. The molecule has 0 saturated carbocycles. The second-order valence-electron chi connectivity index (χ2n) is 5.24. The largest absolute Gasteiger partial charge is 0.494 e. The minimum atomic E-state index is -0.248. The SMILES string of the molecule is CCOc1ccc2cc(C(=O)Nc3nnc(-c4ccsc4)s3)[nH]c2c1. The maximum Gasteiger partial charge on any atom is 0.273 e. The summed E-state index contributed by atoms with van der Waals surface area (Å²) >= 11 is 2.95. The van der Waals surface area contributed by atoms with Gasteiger partial charge in [0.25, 0.3) is 5.91 Å². The highest BCUT2D eigenvalue weighted by molar-refractivity contribution is 7.19. The van der Waals surface area contributed by atoms with E-state index in [1.165, 1.54) is 11.3 Å². The smallest absolute Gasteiger partial charge is 0.273 e. The number of carbonyl (C=O) groups excluding carboxylic acids is 1. The van der Waals surface area contributed by atoms with Gasteiger partial charge < -0.3 is 9.72 Å². The summed E-state index contributed by atoms with van der Waals surface area (Å²) in [4.78, 5) is 15.6. The van der Waals surface area contributed by atoms with Crippen LogP contribution in [0.1, 0.15) is 17.4 Å². The van der Waals surface area contributed by atoms with Crippen molar-refractivity contribution in [3.8, 4) is 16.3 Å². The van der Waals surface area contributed by atoms with Gasteiger partial charge in [-0.3, -0.25) is 10.1 Å². The van der Waals surface area contributed by atoms with Crippen molar-refractivity contribution in [3.63, 3.8) is 0 Å². The Morgan fingerprint density at radius 1 is 1.28 bits per heavy atom. The van der Waals surface area contributed by atoms with Crippen molar-refractivity contribution in [2.75, 3.05) is 11.9 Å². The predicted octanol–water partition coefficient (Wildman–Crippen LogP) is 4.40. The Balaban J connectivity index is 1.53. The Kier molecular flexibility index (Phi) is 4.21. The Bertz CT molecular complexity index is 1020. The lowest BCUT2D eigenvalue weighted by Gasteiger charge is -2.01. The van der Waals surface area contributed by atoms with Gasteiger partial charge in [-0.1, -0.05) is 11.3 Å². The highest BCUT2D eigenvalue weighted by Gasteiger charge is 2.14. The Morgan fingerprint density at radius 2 is 2.20 bits per heavy atom. The molecule has 0 aliphatic carbocycles. The van der Waals surface area contributed by atoms with Crippen LogP contribution in [0.15, 0.2) is 41.1 Å². The van der Waals surface area contributed by atoms with Crippen LogP contribution in [-0.2, 0) is 0 Å². The predicted molar refractivity (Wildman–Crippen MR) is 101 cm³/mol. The Morgan fingerprint density at radius 3 is 3.00 bits per heavy atom. The van der Waals surface area contributed by atoms with E-state index < -0.39 is 0 Å². The van der Waals surface area contributed by atoms with Crippen molar-refractivity contribution < 1.29 is 9.53 Å². The molecule has 1 amide bonds. The fraction of sp³-hybridized carbons (Fsp3) is 0.118. The first-order chi connectivity index (χ1) is 12.2. The summed E-state index contributed by atoms with van der Waals surface area (Å²) < 4.78 is 5.48. The number of rotatable bonds is 5. The van der Waals surface area contributed by atoms with E-state index in [1.807, 2.05) is 41.9 Å². The minimum Gasteiger partial charge on any atom is -0.494 e. The van der Waals surface area contributed by atoms with Crippen molar-refractivity contribution in [3.05, 3.63) is 46.8 Å². The number of nitrogens with zero attached hydrogens (tertiary/aromatic N) is 2. The summed E-state index contributed by atoms with van der Waals surface area (Å²) in [5, 5.41) is 17.1. The number of H-pyrrole nitrogens is 1. The van der Waals surface area contributed by atoms with Gasteiger partial charge in [0.1, 0.15) is 16.5 Å². The second kappa shape index (κ2) is 6.66. The van der Waals surface area contributed by atoms with Gasteiger partial charge in [0.05, 0.1) is 6.61 Å². The van der Waals surface area contributed by atoms with E-state index in [2.05, 4.69) is 20.5 Å². The lowest BCUT2D eigenvalue weighted by atomic mass is 10.2. The highest BCUT2D eigenvalue weighted by atomic mass is 32.1. The lowest BCUT2D eigenvalue weighted by Crippen LogP contribution is -2.11. The average Bonchev–Trinajstić information content (AvgIpc) is 3.34. The maximum absolute atomic E-state index is 12.5. The molecule has 0 atom stereocenters. The molecule has 25 heavy (non-hydrogen) atoms. The lowest BCUT2D eigenvalue weighted by molar-refractivity contribution is 0.102. The number of thiophene rings is 1. The van der Waals surface area contributed by atoms with Crippen LogP contribution in [0.3, 0.4) is 0 Å². The van der Waals surface area contributed by atoms with Gasteiger partial charge in [0.15, 0.2) is 0 Å². The number of hydrogen-bond donors (Lipinski definition) is 2. The molecule has 2 N–H and O–H groups in total. The molecule has 1 aromatic carbocycles. The highest BCUT2D eigenvalue weighted by Crippen LogP contribution is 2.28.